The van der Waals surface area contributed by atoms with Crippen molar-refractivity contribution in [3.8, 4) is 0 Å². The maximum Gasteiger partial charge on any atom is 0.0815 e. The second-order valence-corrected chi connectivity index (χ2v) is 5.73. The Morgan fingerprint density at radius 1 is 0.875 bits per heavy atom. The Morgan fingerprint density at radius 3 is 1.50 bits per heavy atom. The van der Waals surface area contributed by atoms with Crippen LogP contribution in [-0.2, 0) is 14.2 Å². The molecule has 0 aliphatic carbocycles. The molecule has 3 nitrogen and oxygen atoms in total. The Bertz CT molecular complexity index is 206. The van der Waals surface area contributed by atoms with Crippen LogP contribution in [0.2, 0.25) is 0 Å². The summed E-state index contributed by atoms with van der Waals surface area (Å²) in [6.45, 7) is 5.21. The minimum Gasteiger partial charge on any atom is -0.373 e. The van der Waals surface area contributed by atoms with Crippen molar-refractivity contribution in [2.75, 3.05) is 19.8 Å². The number of hydrogen-bond donors (Lipinski definition) is 0. The molecule has 0 spiro atoms. The fourth-order valence-corrected chi connectivity index (χ4v) is 3.09. The van der Waals surface area contributed by atoms with Crippen LogP contribution in [0.1, 0.15) is 39.0 Å². The van der Waals surface area contributed by atoms with E-state index in [0.717, 1.165) is 19.8 Å². The van der Waals surface area contributed by atoms with Crippen molar-refractivity contribution in [2.24, 2.45) is 5.41 Å². The monoisotopic (exact) mass is 226 g/mol. The van der Waals surface area contributed by atoms with Crippen LogP contribution in [0.25, 0.3) is 0 Å². The van der Waals surface area contributed by atoms with Crippen LogP contribution in [0, 0.1) is 5.41 Å². The first-order chi connectivity index (χ1) is 7.80. The third kappa shape index (κ3) is 2.96. The van der Waals surface area contributed by atoms with Gasteiger partial charge >= 0.3 is 0 Å². The van der Waals surface area contributed by atoms with Crippen LogP contribution in [0.15, 0.2) is 0 Å². The van der Waals surface area contributed by atoms with Gasteiger partial charge in [-0.05, 0) is 31.1 Å². The van der Waals surface area contributed by atoms with Gasteiger partial charge in [0.2, 0.25) is 0 Å². The van der Waals surface area contributed by atoms with Gasteiger partial charge in [-0.3, -0.25) is 0 Å². The summed E-state index contributed by atoms with van der Waals surface area (Å²) in [6, 6.07) is 0. The lowest BCUT2D eigenvalue weighted by molar-refractivity contribution is 0.141. The van der Waals surface area contributed by atoms with Gasteiger partial charge in [0.25, 0.3) is 0 Å². The lowest BCUT2D eigenvalue weighted by Gasteiger charge is -2.32. The van der Waals surface area contributed by atoms with E-state index in [2.05, 4.69) is 6.92 Å². The molecule has 3 heterocycles. The molecule has 16 heavy (non-hydrogen) atoms. The molecule has 3 aliphatic heterocycles. The summed E-state index contributed by atoms with van der Waals surface area (Å²) in [5, 5.41) is 0. The van der Waals surface area contributed by atoms with Gasteiger partial charge in [-0.25, -0.2) is 0 Å². The Kier molecular flexibility index (Phi) is 2.94. The maximum atomic E-state index is 5.43. The lowest BCUT2D eigenvalue weighted by Crippen LogP contribution is -2.27. The van der Waals surface area contributed by atoms with Crippen molar-refractivity contribution in [1.29, 1.82) is 0 Å². The average molecular weight is 226 g/mol. The topological polar surface area (TPSA) is 37.6 Å². The highest BCUT2D eigenvalue weighted by atomic mass is 16.6. The van der Waals surface area contributed by atoms with E-state index in [9.17, 15) is 0 Å². The number of hydrogen-bond acceptors (Lipinski definition) is 3. The molecule has 3 fully saturated rings. The molecule has 0 aromatic heterocycles. The summed E-state index contributed by atoms with van der Waals surface area (Å²) in [6.07, 6.45) is 7.82. The first kappa shape index (κ1) is 11.0. The van der Waals surface area contributed by atoms with Crippen molar-refractivity contribution in [3.63, 3.8) is 0 Å². The lowest BCUT2D eigenvalue weighted by atomic mass is 9.72. The molecule has 92 valence electrons. The zero-order valence-electron chi connectivity index (χ0n) is 10.1. The Morgan fingerprint density at radius 2 is 1.25 bits per heavy atom. The molecule has 3 unspecified atom stereocenters. The standard InChI is InChI=1S/C13H22O3/c1-2-3-13(4-10-7-14-10,5-11-8-15-11)6-12-9-16-12/h10-12H,2-9H2,1H3. The number of epoxide rings is 3. The summed E-state index contributed by atoms with van der Waals surface area (Å²) in [7, 11) is 0. The largest absolute Gasteiger partial charge is 0.373 e. The Labute approximate surface area is 97.4 Å². The summed E-state index contributed by atoms with van der Waals surface area (Å²) in [5.41, 5.74) is 0.429. The highest BCUT2D eigenvalue weighted by Gasteiger charge is 2.45. The van der Waals surface area contributed by atoms with E-state index < -0.39 is 0 Å². The number of ether oxygens (including phenoxy) is 3. The molecule has 0 radical (unpaired) electrons. The zero-order valence-corrected chi connectivity index (χ0v) is 10.1. The van der Waals surface area contributed by atoms with Gasteiger partial charge in [0.05, 0.1) is 38.1 Å². The van der Waals surface area contributed by atoms with Crippen LogP contribution in [0.5, 0.6) is 0 Å². The predicted molar refractivity (Wildman–Crippen MR) is 60.4 cm³/mol. The molecule has 0 aromatic carbocycles. The second kappa shape index (κ2) is 4.28. The van der Waals surface area contributed by atoms with Gasteiger partial charge in [-0.2, -0.15) is 0 Å². The highest BCUT2D eigenvalue weighted by molar-refractivity contribution is 4.94. The molecule has 0 aromatic rings. The Balaban J connectivity index is 1.63. The molecule has 3 saturated heterocycles. The van der Waals surface area contributed by atoms with Gasteiger partial charge in [0, 0.05) is 0 Å². The van der Waals surface area contributed by atoms with E-state index in [1.54, 1.807) is 0 Å². The molecule has 0 bridgehead atoms. The molecule has 3 heteroatoms. The minimum atomic E-state index is 0.429. The fourth-order valence-electron chi connectivity index (χ4n) is 3.09. The van der Waals surface area contributed by atoms with Crippen LogP contribution in [0.3, 0.4) is 0 Å². The molecular formula is C13H22O3. The molecule has 0 saturated carbocycles. The maximum absolute atomic E-state index is 5.43. The minimum absolute atomic E-state index is 0.429. The molecule has 3 atom stereocenters. The molecule has 0 amide bonds. The first-order valence-electron chi connectivity index (χ1n) is 6.64. The van der Waals surface area contributed by atoms with Crippen molar-refractivity contribution in [1.82, 2.24) is 0 Å². The zero-order chi connectivity index (χ0) is 11.0. The number of rotatable bonds is 8. The van der Waals surface area contributed by atoms with E-state index in [0.29, 0.717) is 23.7 Å². The smallest absolute Gasteiger partial charge is 0.0815 e. The molecular weight excluding hydrogens is 204 g/mol. The summed E-state index contributed by atoms with van der Waals surface area (Å²) >= 11 is 0. The van der Waals surface area contributed by atoms with Crippen molar-refractivity contribution < 1.29 is 14.2 Å². The van der Waals surface area contributed by atoms with Crippen molar-refractivity contribution in [2.45, 2.75) is 57.3 Å². The fraction of sp³-hybridized carbons (Fsp3) is 1.00. The predicted octanol–water partition coefficient (Wildman–Crippen LogP) is 2.14. The normalized spacial score (nSPS) is 39.2. The summed E-state index contributed by atoms with van der Waals surface area (Å²) in [5.74, 6) is 0. The molecule has 3 rings (SSSR count). The Hall–Kier alpha value is -0.120. The molecule has 3 aliphatic rings. The van der Waals surface area contributed by atoms with Crippen molar-refractivity contribution in [3.05, 3.63) is 0 Å². The van der Waals surface area contributed by atoms with Crippen LogP contribution in [0.4, 0.5) is 0 Å². The summed E-state index contributed by atoms with van der Waals surface area (Å²) in [4.78, 5) is 0. The average Bonchev–Trinajstić information content (AvgIpc) is 3.07. The SMILES string of the molecule is CCCC(CC1CO1)(CC1CO1)CC1CO1. The van der Waals surface area contributed by atoms with E-state index >= 15 is 0 Å². The summed E-state index contributed by atoms with van der Waals surface area (Å²) < 4.78 is 16.3. The van der Waals surface area contributed by atoms with Gasteiger partial charge in [0.15, 0.2) is 0 Å². The molecule has 0 N–H and O–H groups in total. The van der Waals surface area contributed by atoms with Crippen LogP contribution in [-0.4, -0.2) is 38.1 Å². The third-order valence-corrected chi connectivity index (χ3v) is 3.97. The van der Waals surface area contributed by atoms with Gasteiger partial charge < -0.3 is 14.2 Å². The van der Waals surface area contributed by atoms with E-state index in [1.165, 1.54) is 32.1 Å². The van der Waals surface area contributed by atoms with E-state index in [1.807, 2.05) is 0 Å². The van der Waals surface area contributed by atoms with Gasteiger partial charge in [-0.1, -0.05) is 13.3 Å². The van der Waals surface area contributed by atoms with Crippen LogP contribution < -0.4 is 0 Å². The van der Waals surface area contributed by atoms with Crippen molar-refractivity contribution >= 4 is 0 Å². The van der Waals surface area contributed by atoms with Gasteiger partial charge in [0.1, 0.15) is 0 Å². The third-order valence-electron chi connectivity index (χ3n) is 3.97. The second-order valence-electron chi connectivity index (χ2n) is 5.73. The van der Waals surface area contributed by atoms with Gasteiger partial charge in [-0.15, -0.1) is 0 Å². The first-order valence-corrected chi connectivity index (χ1v) is 6.64. The quantitative estimate of drug-likeness (QED) is 0.595. The van der Waals surface area contributed by atoms with E-state index in [-0.39, 0.29) is 0 Å². The van der Waals surface area contributed by atoms with E-state index in [4.69, 9.17) is 14.2 Å². The highest BCUT2D eigenvalue weighted by Crippen LogP contribution is 2.46. The van der Waals surface area contributed by atoms with Crippen LogP contribution >= 0.6 is 0 Å².